The zero-order valence-electron chi connectivity index (χ0n) is 18.9. The Balaban J connectivity index is 1.63. The number of benzene rings is 2. The molecule has 8 heteroatoms. The molecule has 0 fully saturated rings. The van der Waals surface area contributed by atoms with E-state index >= 15 is 0 Å². The number of nitrogens with one attached hydrogen (secondary N) is 1. The van der Waals surface area contributed by atoms with Gasteiger partial charge in [0, 0.05) is 52.5 Å². The molecule has 36 heavy (non-hydrogen) atoms. The smallest absolute Gasteiger partial charge is 0.160 e. The van der Waals surface area contributed by atoms with Gasteiger partial charge in [0.2, 0.25) is 0 Å². The van der Waals surface area contributed by atoms with Crippen LogP contribution in [-0.2, 0) is 0 Å². The lowest BCUT2D eigenvalue weighted by Gasteiger charge is -2.12. The molecule has 0 saturated heterocycles. The minimum atomic E-state index is -0.575. The Kier molecular flexibility index (Phi) is 5.92. The lowest BCUT2D eigenvalue weighted by Crippen LogP contribution is -2.12. The van der Waals surface area contributed by atoms with Crippen molar-refractivity contribution in [1.82, 2.24) is 15.0 Å². The third-order valence-electron chi connectivity index (χ3n) is 5.82. The lowest BCUT2D eigenvalue weighted by atomic mass is 9.97. The van der Waals surface area contributed by atoms with Gasteiger partial charge < -0.3 is 16.9 Å². The van der Waals surface area contributed by atoms with Gasteiger partial charge in [0.05, 0.1) is 5.69 Å². The van der Waals surface area contributed by atoms with E-state index in [2.05, 4.69) is 15.0 Å². The number of pyridine rings is 3. The Labute approximate surface area is 205 Å². The highest BCUT2D eigenvalue weighted by Gasteiger charge is 2.15. The maximum absolute atomic E-state index is 14.6. The van der Waals surface area contributed by atoms with E-state index in [-0.39, 0.29) is 17.1 Å². The summed E-state index contributed by atoms with van der Waals surface area (Å²) >= 11 is 0. The summed E-state index contributed by atoms with van der Waals surface area (Å²) in [5.74, 6) is -1.06. The van der Waals surface area contributed by atoms with E-state index < -0.39 is 11.6 Å². The number of rotatable bonds is 5. The van der Waals surface area contributed by atoms with E-state index in [9.17, 15) is 8.78 Å². The van der Waals surface area contributed by atoms with Gasteiger partial charge in [-0.25, -0.2) is 18.7 Å². The van der Waals surface area contributed by atoms with Crippen LogP contribution < -0.4 is 11.5 Å². The fourth-order valence-corrected chi connectivity index (χ4v) is 4.05. The van der Waals surface area contributed by atoms with Gasteiger partial charge in [-0.3, -0.25) is 4.98 Å². The summed E-state index contributed by atoms with van der Waals surface area (Å²) in [6, 6.07) is 18.1. The first-order valence-corrected chi connectivity index (χ1v) is 11.0. The molecule has 2 aromatic carbocycles. The van der Waals surface area contributed by atoms with Crippen LogP contribution in [0.4, 0.5) is 8.78 Å². The van der Waals surface area contributed by atoms with Crippen molar-refractivity contribution in [2.24, 2.45) is 11.5 Å². The zero-order chi connectivity index (χ0) is 25.2. The molecule has 0 amide bonds. The SMILES string of the molecule is N=CC(=C(N)N)c1ccc(-c2cncc(-c3cc(-c4cc(F)ccc4F)nc4ncccc34)c2)cc1. The van der Waals surface area contributed by atoms with Crippen molar-refractivity contribution in [3.63, 3.8) is 0 Å². The highest BCUT2D eigenvalue weighted by molar-refractivity contribution is 6.09. The molecular weight excluding hydrogens is 458 g/mol. The van der Waals surface area contributed by atoms with Crippen LogP contribution in [0.3, 0.4) is 0 Å². The van der Waals surface area contributed by atoms with Crippen molar-refractivity contribution in [3.8, 4) is 33.5 Å². The Hall–Kier alpha value is -4.98. The molecule has 3 aromatic heterocycles. The normalized spacial score (nSPS) is 10.8. The molecule has 5 aromatic rings. The number of halogens is 2. The van der Waals surface area contributed by atoms with E-state index in [1.165, 1.54) is 0 Å². The molecule has 5 N–H and O–H groups in total. The Morgan fingerprint density at radius 2 is 1.61 bits per heavy atom. The summed E-state index contributed by atoms with van der Waals surface area (Å²) in [4.78, 5) is 13.2. The Morgan fingerprint density at radius 1 is 0.833 bits per heavy atom. The zero-order valence-corrected chi connectivity index (χ0v) is 18.9. The van der Waals surface area contributed by atoms with Crippen LogP contribution in [0.1, 0.15) is 5.56 Å². The van der Waals surface area contributed by atoms with Gasteiger partial charge in [-0.1, -0.05) is 24.3 Å². The van der Waals surface area contributed by atoms with Crippen molar-refractivity contribution in [1.29, 1.82) is 5.41 Å². The predicted octanol–water partition coefficient (Wildman–Crippen LogP) is 5.54. The topological polar surface area (TPSA) is 115 Å². The maximum atomic E-state index is 14.6. The van der Waals surface area contributed by atoms with Crippen LogP contribution in [0.25, 0.3) is 50.1 Å². The largest absolute Gasteiger partial charge is 0.385 e. The van der Waals surface area contributed by atoms with Gasteiger partial charge >= 0.3 is 0 Å². The molecule has 0 aliphatic rings. The Morgan fingerprint density at radius 3 is 2.36 bits per heavy atom. The summed E-state index contributed by atoms with van der Waals surface area (Å²) in [5, 5.41) is 8.29. The average molecular weight is 479 g/mol. The highest BCUT2D eigenvalue weighted by Crippen LogP contribution is 2.34. The van der Waals surface area contributed by atoms with Crippen molar-refractivity contribution in [3.05, 3.63) is 108 Å². The third kappa shape index (κ3) is 4.27. The van der Waals surface area contributed by atoms with E-state index in [0.717, 1.165) is 57.6 Å². The fourth-order valence-electron chi connectivity index (χ4n) is 4.05. The molecule has 0 saturated carbocycles. The second-order valence-electron chi connectivity index (χ2n) is 8.11. The number of aromatic nitrogens is 3. The third-order valence-corrected chi connectivity index (χ3v) is 5.82. The summed E-state index contributed by atoms with van der Waals surface area (Å²) in [6.07, 6.45) is 6.16. The molecule has 0 unspecified atom stereocenters. The highest BCUT2D eigenvalue weighted by atomic mass is 19.1. The first-order chi connectivity index (χ1) is 17.4. The second kappa shape index (κ2) is 9.34. The van der Waals surface area contributed by atoms with Crippen LogP contribution in [0.2, 0.25) is 0 Å². The number of nitrogens with zero attached hydrogens (tertiary/aromatic N) is 3. The number of allylic oxidation sites excluding steroid dienone is 1. The predicted molar refractivity (Wildman–Crippen MR) is 138 cm³/mol. The van der Waals surface area contributed by atoms with Crippen molar-refractivity contribution < 1.29 is 8.78 Å². The summed E-state index contributed by atoms with van der Waals surface area (Å²) in [7, 11) is 0. The second-order valence-corrected chi connectivity index (χ2v) is 8.11. The molecule has 176 valence electrons. The lowest BCUT2D eigenvalue weighted by molar-refractivity contribution is 0.602. The van der Waals surface area contributed by atoms with Gasteiger partial charge in [0.15, 0.2) is 5.65 Å². The number of nitrogens with two attached hydrogens (primary N) is 2. The molecule has 5 rings (SSSR count). The molecule has 0 aliphatic carbocycles. The maximum Gasteiger partial charge on any atom is 0.160 e. The van der Waals surface area contributed by atoms with Crippen LogP contribution in [0.15, 0.2) is 91.1 Å². The Bertz CT molecular complexity index is 1640. The van der Waals surface area contributed by atoms with E-state index in [1.54, 1.807) is 30.7 Å². The van der Waals surface area contributed by atoms with Crippen molar-refractivity contribution >= 4 is 22.8 Å². The monoisotopic (exact) mass is 478 g/mol. The van der Waals surface area contributed by atoms with E-state index in [4.69, 9.17) is 16.9 Å². The quantitative estimate of drug-likeness (QED) is 0.287. The van der Waals surface area contributed by atoms with Gasteiger partial charge in [0.1, 0.15) is 17.5 Å². The molecule has 0 bridgehead atoms. The van der Waals surface area contributed by atoms with Crippen molar-refractivity contribution in [2.75, 3.05) is 0 Å². The number of hydrogen-bond donors (Lipinski definition) is 3. The summed E-state index contributed by atoms with van der Waals surface area (Å²) in [6.45, 7) is 0. The molecule has 6 nitrogen and oxygen atoms in total. The molecule has 0 aliphatic heterocycles. The number of fused-ring (bicyclic) bond motifs is 1. The molecule has 0 radical (unpaired) electrons. The average Bonchev–Trinajstić information content (AvgIpc) is 2.90. The minimum absolute atomic E-state index is 0.0535. The molecule has 0 spiro atoms. The fraction of sp³-hybridized carbons (Fsp3) is 0. The van der Waals surface area contributed by atoms with Crippen LogP contribution >= 0.6 is 0 Å². The molecule has 0 atom stereocenters. The van der Waals surface area contributed by atoms with E-state index in [1.807, 2.05) is 36.4 Å². The molecule has 3 heterocycles. The standard InChI is InChI=1S/C28H20F2N6/c29-20-7-8-25(30)23(11-20)26-12-22(21-2-1-9-35-28(21)36-26)19-10-18(14-34-15-19)16-3-5-17(6-4-16)24(13-31)27(32)33/h1-15,31H,32-33H2. The van der Waals surface area contributed by atoms with Gasteiger partial charge in [-0.05, 0) is 59.2 Å². The van der Waals surface area contributed by atoms with Gasteiger partial charge in [0.25, 0.3) is 0 Å². The van der Waals surface area contributed by atoms with E-state index in [0.29, 0.717) is 11.2 Å². The first kappa shape index (κ1) is 22.8. The summed E-state index contributed by atoms with van der Waals surface area (Å²) in [5.41, 5.74) is 16.5. The van der Waals surface area contributed by atoms with Gasteiger partial charge in [-0.15, -0.1) is 0 Å². The van der Waals surface area contributed by atoms with Crippen LogP contribution in [0.5, 0.6) is 0 Å². The summed E-state index contributed by atoms with van der Waals surface area (Å²) < 4.78 is 28.5. The minimum Gasteiger partial charge on any atom is -0.385 e. The van der Waals surface area contributed by atoms with Crippen molar-refractivity contribution in [2.45, 2.75) is 0 Å². The van der Waals surface area contributed by atoms with Crippen LogP contribution in [0, 0.1) is 17.0 Å². The number of hydrogen-bond acceptors (Lipinski definition) is 6. The van der Waals surface area contributed by atoms with Gasteiger partial charge in [-0.2, -0.15) is 0 Å². The first-order valence-electron chi connectivity index (χ1n) is 11.0. The molecular formula is C28H20F2N6. The van der Waals surface area contributed by atoms with Crippen LogP contribution in [-0.4, -0.2) is 21.2 Å².